The number of nitro benzene ring substituents is 1. The molecule has 0 bridgehead atoms. The van der Waals surface area contributed by atoms with Gasteiger partial charge in [0.1, 0.15) is 0 Å². The maximum atomic E-state index is 13.2. The summed E-state index contributed by atoms with van der Waals surface area (Å²) in [7, 11) is 0. The zero-order chi connectivity index (χ0) is 24.2. The fourth-order valence-corrected chi connectivity index (χ4v) is 3.49. The number of para-hydroxylation sites is 1. The van der Waals surface area contributed by atoms with E-state index in [0.29, 0.717) is 16.5 Å². The first-order chi connectivity index (χ1) is 16.3. The van der Waals surface area contributed by atoms with Gasteiger partial charge in [0.2, 0.25) is 5.75 Å². The highest BCUT2D eigenvalue weighted by Crippen LogP contribution is 2.35. The minimum atomic E-state index is -1.31. The van der Waals surface area contributed by atoms with Gasteiger partial charge in [0, 0.05) is 17.2 Å². The standard InChI is InChI=1S/C23H15ClN4O6/c24-17-10-14(11-19(28(32)33)21(17)34-13-20(29)30)12-25-27-22(15-6-2-1-3-7-15)26-18-9-5-4-8-16(18)23(27)31/h1-12H,13H2,(H,29,30). The number of carbonyl (C=O) groups is 1. The number of hydrogen-bond acceptors (Lipinski definition) is 7. The van der Waals surface area contributed by atoms with Crippen molar-refractivity contribution >= 4 is 40.4 Å². The highest BCUT2D eigenvalue weighted by atomic mass is 35.5. The average Bonchev–Trinajstić information content (AvgIpc) is 2.82. The van der Waals surface area contributed by atoms with E-state index in [1.54, 1.807) is 48.5 Å². The van der Waals surface area contributed by atoms with Crippen molar-refractivity contribution in [2.75, 3.05) is 6.61 Å². The predicted octanol–water partition coefficient (Wildman–Crippen LogP) is 3.97. The topological polar surface area (TPSA) is 137 Å². The Hall–Kier alpha value is -4.57. The van der Waals surface area contributed by atoms with Gasteiger partial charge >= 0.3 is 11.7 Å². The molecule has 34 heavy (non-hydrogen) atoms. The van der Waals surface area contributed by atoms with E-state index >= 15 is 0 Å². The molecule has 0 fully saturated rings. The van der Waals surface area contributed by atoms with Crippen molar-refractivity contribution in [3.63, 3.8) is 0 Å². The van der Waals surface area contributed by atoms with Crippen molar-refractivity contribution < 1.29 is 19.6 Å². The second kappa shape index (κ2) is 9.51. The number of benzene rings is 3. The Balaban J connectivity index is 1.84. The van der Waals surface area contributed by atoms with E-state index in [0.717, 1.165) is 10.7 Å². The summed E-state index contributed by atoms with van der Waals surface area (Å²) >= 11 is 6.12. The van der Waals surface area contributed by atoms with Gasteiger partial charge in [-0.15, -0.1) is 0 Å². The Bertz CT molecular complexity index is 1500. The zero-order valence-corrected chi connectivity index (χ0v) is 18.0. The van der Waals surface area contributed by atoms with Crippen molar-refractivity contribution in [3.8, 4) is 17.1 Å². The third-order valence-electron chi connectivity index (χ3n) is 4.69. The highest BCUT2D eigenvalue weighted by Gasteiger charge is 2.21. The fraction of sp³-hybridized carbons (Fsp3) is 0.0435. The van der Waals surface area contributed by atoms with Gasteiger partial charge in [0.15, 0.2) is 12.4 Å². The number of rotatable bonds is 7. The maximum absolute atomic E-state index is 13.2. The molecule has 11 heteroatoms. The van der Waals surface area contributed by atoms with E-state index in [2.05, 4.69) is 10.1 Å². The lowest BCUT2D eigenvalue weighted by Gasteiger charge is -2.10. The molecule has 1 aromatic heterocycles. The molecule has 0 saturated carbocycles. The van der Waals surface area contributed by atoms with Gasteiger partial charge in [-0.05, 0) is 18.2 Å². The van der Waals surface area contributed by atoms with E-state index in [9.17, 15) is 19.7 Å². The molecule has 3 aromatic carbocycles. The number of ether oxygens (including phenoxy) is 1. The molecule has 4 aromatic rings. The summed E-state index contributed by atoms with van der Waals surface area (Å²) in [6, 6.07) is 18.2. The van der Waals surface area contributed by atoms with Crippen LogP contribution in [0.15, 0.2) is 76.6 Å². The summed E-state index contributed by atoms with van der Waals surface area (Å²) < 4.78 is 6.07. The van der Waals surface area contributed by atoms with Crippen LogP contribution in [0.25, 0.3) is 22.3 Å². The Morgan fingerprint density at radius 1 is 1.18 bits per heavy atom. The highest BCUT2D eigenvalue weighted by molar-refractivity contribution is 6.32. The molecule has 4 rings (SSSR count). The van der Waals surface area contributed by atoms with Crippen LogP contribution in [0.3, 0.4) is 0 Å². The van der Waals surface area contributed by atoms with Gasteiger partial charge in [-0.25, -0.2) is 9.78 Å². The minimum Gasteiger partial charge on any atom is -0.479 e. The van der Waals surface area contributed by atoms with Gasteiger partial charge in [0.25, 0.3) is 5.56 Å². The molecule has 0 radical (unpaired) electrons. The van der Waals surface area contributed by atoms with Crippen LogP contribution in [0.1, 0.15) is 5.56 Å². The van der Waals surface area contributed by atoms with Crippen LogP contribution >= 0.6 is 11.6 Å². The number of fused-ring (bicyclic) bond motifs is 1. The van der Waals surface area contributed by atoms with Crippen molar-refractivity contribution in [1.82, 2.24) is 9.66 Å². The monoisotopic (exact) mass is 478 g/mol. The molecule has 0 saturated heterocycles. The van der Waals surface area contributed by atoms with E-state index in [4.69, 9.17) is 21.4 Å². The van der Waals surface area contributed by atoms with Crippen LogP contribution < -0.4 is 10.3 Å². The number of halogens is 1. The molecule has 10 nitrogen and oxygen atoms in total. The second-order valence-electron chi connectivity index (χ2n) is 6.97. The van der Waals surface area contributed by atoms with Crippen LogP contribution in [0, 0.1) is 10.1 Å². The van der Waals surface area contributed by atoms with Gasteiger partial charge in [-0.2, -0.15) is 9.78 Å². The SMILES string of the molecule is O=C(O)COc1c(Cl)cc(C=Nn2c(-c3ccccc3)nc3ccccc3c2=O)cc1[N+](=O)[O-]. The summed E-state index contributed by atoms with van der Waals surface area (Å²) in [5, 5.41) is 24.7. The molecular formula is C23H15ClN4O6. The maximum Gasteiger partial charge on any atom is 0.341 e. The van der Waals surface area contributed by atoms with Crippen LogP contribution in [-0.4, -0.2) is 38.5 Å². The molecule has 170 valence electrons. The summed E-state index contributed by atoms with van der Waals surface area (Å²) in [5.41, 5.74) is 0.365. The van der Waals surface area contributed by atoms with E-state index in [1.165, 1.54) is 12.3 Å². The van der Waals surface area contributed by atoms with Gasteiger partial charge in [-0.3, -0.25) is 14.9 Å². The zero-order valence-electron chi connectivity index (χ0n) is 17.3. The number of hydrogen-bond donors (Lipinski definition) is 1. The molecule has 0 aliphatic heterocycles. The summed E-state index contributed by atoms with van der Waals surface area (Å²) in [4.78, 5) is 39.3. The Morgan fingerprint density at radius 2 is 1.88 bits per heavy atom. The van der Waals surface area contributed by atoms with Gasteiger partial charge < -0.3 is 9.84 Å². The van der Waals surface area contributed by atoms with E-state index < -0.39 is 28.7 Å². The Morgan fingerprint density at radius 3 is 2.59 bits per heavy atom. The van der Waals surface area contributed by atoms with Crippen LogP contribution in [0.2, 0.25) is 5.02 Å². The van der Waals surface area contributed by atoms with E-state index in [-0.39, 0.29) is 22.2 Å². The Kier molecular flexibility index (Phi) is 6.33. The lowest BCUT2D eigenvalue weighted by atomic mass is 10.2. The normalized spacial score (nSPS) is 11.1. The van der Waals surface area contributed by atoms with E-state index in [1.807, 2.05) is 6.07 Å². The lowest BCUT2D eigenvalue weighted by Crippen LogP contribution is -2.20. The molecule has 0 aliphatic carbocycles. The Labute approximate surface area is 196 Å². The molecule has 1 heterocycles. The van der Waals surface area contributed by atoms with Crippen molar-refractivity contribution in [2.24, 2.45) is 5.10 Å². The summed E-state index contributed by atoms with van der Waals surface area (Å²) in [6.45, 7) is -0.799. The third-order valence-corrected chi connectivity index (χ3v) is 4.97. The molecule has 0 aliphatic rings. The molecule has 1 N–H and O–H groups in total. The first kappa shape index (κ1) is 22.6. The van der Waals surface area contributed by atoms with Gasteiger partial charge in [0.05, 0.1) is 27.1 Å². The molecule has 0 amide bonds. The molecule has 0 atom stereocenters. The van der Waals surface area contributed by atoms with Crippen LogP contribution in [0.5, 0.6) is 5.75 Å². The van der Waals surface area contributed by atoms with Crippen molar-refractivity contribution in [2.45, 2.75) is 0 Å². The number of nitrogens with zero attached hydrogens (tertiary/aromatic N) is 4. The predicted molar refractivity (Wildman–Crippen MR) is 126 cm³/mol. The third kappa shape index (κ3) is 4.62. The number of aromatic nitrogens is 2. The quantitative estimate of drug-likeness (QED) is 0.241. The smallest absolute Gasteiger partial charge is 0.341 e. The number of carboxylic acid groups (broad SMARTS) is 1. The second-order valence-corrected chi connectivity index (χ2v) is 7.38. The molecule has 0 unspecified atom stereocenters. The molecule has 0 spiro atoms. The average molecular weight is 479 g/mol. The largest absolute Gasteiger partial charge is 0.479 e. The number of carboxylic acids is 1. The van der Waals surface area contributed by atoms with Crippen LogP contribution in [-0.2, 0) is 4.79 Å². The first-order valence-corrected chi connectivity index (χ1v) is 10.2. The first-order valence-electron chi connectivity index (χ1n) is 9.79. The fourth-order valence-electron chi connectivity index (χ4n) is 3.22. The number of nitro groups is 1. The molecular weight excluding hydrogens is 464 g/mol. The lowest BCUT2D eigenvalue weighted by molar-refractivity contribution is -0.385. The number of aliphatic carboxylic acids is 1. The van der Waals surface area contributed by atoms with Gasteiger partial charge in [-0.1, -0.05) is 54.1 Å². The van der Waals surface area contributed by atoms with Crippen LogP contribution in [0.4, 0.5) is 5.69 Å². The summed E-state index contributed by atoms with van der Waals surface area (Å²) in [6.07, 6.45) is 1.23. The van der Waals surface area contributed by atoms with Crippen molar-refractivity contribution in [1.29, 1.82) is 0 Å². The summed E-state index contributed by atoms with van der Waals surface area (Å²) in [5.74, 6) is -1.41. The minimum absolute atomic E-state index is 0.177. The van der Waals surface area contributed by atoms with Crippen molar-refractivity contribution in [3.05, 3.63) is 97.8 Å².